The lowest BCUT2D eigenvalue weighted by Gasteiger charge is -2.36. The largest absolute Gasteiger partial charge is 0.389 e. The summed E-state index contributed by atoms with van der Waals surface area (Å²) < 4.78 is 1.85. The summed E-state index contributed by atoms with van der Waals surface area (Å²) in [5.74, 6) is 1.35. The second kappa shape index (κ2) is 9.60. The van der Waals surface area contributed by atoms with Crippen molar-refractivity contribution in [1.82, 2.24) is 34.4 Å². The van der Waals surface area contributed by atoms with Crippen LogP contribution in [-0.2, 0) is 4.79 Å². The predicted octanol–water partition coefficient (Wildman–Crippen LogP) is 3.12. The van der Waals surface area contributed by atoms with Gasteiger partial charge in [0, 0.05) is 56.6 Å². The molecule has 1 unspecified atom stereocenters. The fourth-order valence-corrected chi connectivity index (χ4v) is 6.13. The molecule has 2 N–H and O–H groups in total. The second-order valence-electron chi connectivity index (χ2n) is 11.8. The van der Waals surface area contributed by atoms with Crippen molar-refractivity contribution in [3.05, 3.63) is 41.3 Å². The number of anilines is 1. The third-order valence-corrected chi connectivity index (χ3v) is 8.48. The number of amides is 1. The first kappa shape index (κ1) is 25.8. The first-order valence-electron chi connectivity index (χ1n) is 13.9. The highest BCUT2D eigenvalue weighted by atomic mass is 16.3. The van der Waals surface area contributed by atoms with Gasteiger partial charge in [-0.1, -0.05) is 13.8 Å². The molecule has 6 heterocycles. The van der Waals surface area contributed by atoms with E-state index >= 15 is 0 Å². The summed E-state index contributed by atoms with van der Waals surface area (Å²) in [6, 6.07) is 4.20. The molecule has 10 nitrogen and oxygen atoms in total. The van der Waals surface area contributed by atoms with Crippen molar-refractivity contribution in [3.8, 4) is 11.3 Å². The van der Waals surface area contributed by atoms with Crippen LogP contribution >= 0.6 is 0 Å². The number of rotatable bonds is 5. The van der Waals surface area contributed by atoms with E-state index in [4.69, 9.17) is 4.98 Å². The Morgan fingerprint density at radius 2 is 1.90 bits per heavy atom. The number of nitrogens with one attached hydrogen (secondary N) is 1. The van der Waals surface area contributed by atoms with Crippen LogP contribution in [0.5, 0.6) is 0 Å². The summed E-state index contributed by atoms with van der Waals surface area (Å²) in [6.07, 6.45) is 4.37. The van der Waals surface area contributed by atoms with Crippen LogP contribution in [-0.4, -0.2) is 96.8 Å². The lowest BCUT2D eigenvalue weighted by Crippen LogP contribution is -2.51. The minimum absolute atomic E-state index is 0.142. The standard InChI is InChI=1S/C29H38N8O2/c1-18(2)25-26(21-14-37-28(30-17-31-37)20(4)19(21)3)32-22-6-7-23(33-27(22)25)35-10-12-36(13-11-35)24(38)15-34-9-8-29(5,39)16-34/h6-7,14,17-18,32,39H,8-13,15-16H2,1-5H3. The highest BCUT2D eigenvalue weighted by Gasteiger charge is 2.33. The van der Waals surface area contributed by atoms with E-state index < -0.39 is 5.60 Å². The van der Waals surface area contributed by atoms with Gasteiger partial charge in [0.25, 0.3) is 0 Å². The number of hydrogen-bond acceptors (Lipinski definition) is 7. The number of aryl methyl sites for hydroxylation is 1. The van der Waals surface area contributed by atoms with Crippen LogP contribution in [0.4, 0.5) is 5.82 Å². The maximum absolute atomic E-state index is 12.9. The van der Waals surface area contributed by atoms with Crippen molar-refractivity contribution < 1.29 is 9.90 Å². The Morgan fingerprint density at radius 1 is 1.13 bits per heavy atom. The van der Waals surface area contributed by atoms with Gasteiger partial charge in [-0.3, -0.25) is 9.69 Å². The van der Waals surface area contributed by atoms with Crippen LogP contribution in [0.25, 0.3) is 27.9 Å². The molecule has 0 spiro atoms. The van der Waals surface area contributed by atoms with E-state index in [0.717, 1.165) is 65.4 Å². The van der Waals surface area contributed by atoms with Crippen LogP contribution in [0, 0.1) is 13.8 Å². The topological polar surface area (TPSA) is 106 Å². The summed E-state index contributed by atoms with van der Waals surface area (Å²) in [4.78, 5) is 32.4. The predicted molar refractivity (Wildman–Crippen MR) is 152 cm³/mol. The number of aliphatic hydroxyl groups is 1. The minimum Gasteiger partial charge on any atom is -0.389 e. The molecule has 4 aromatic rings. The molecule has 2 fully saturated rings. The fourth-order valence-electron chi connectivity index (χ4n) is 6.13. The molecule has 4 aromatic heterocycles. The summed E-state index contributed by atoms with van der Waals surface area (Å²) in [5, 5.41) is 14.6. The van der Waals surface area contributed by atoms with E-state index in [0.29, 0.717) is 26.2 Å². The van der Waals surface area contributed by atoms with Crippen molar-refractivity contribution in [2.45, 2.75) is 52.6 Å². The Morgan fingerprint density at radius 3 is 2.59 bits per heavy atom. The van der Waals surface area contributed by atoms with Crippen LogP contribution < -0.4 is 4.90 Å². The number of carbonyl (C=O) groups is 1. The molecule has 1 atom stereocenters. The van der Waals surface area contributed by atoms with Gasteiger partial charge in [-0.05, 0) is 56.4 Å². The number of aromatic amines is 1. The van der Waals surface area contributed by atoms with Gasteiger partial charge in [-0.15, -0.1) is 0 Å². The lowest BCUT2D eigenvalue weighted by atomic mass is 9.95. The zero-order valence-corrected chi connectivity index (χ0v) is 23.5. The molecule has 206 valence electrons. The van der Waals surface area contributed by atoms with E-state index in [2.05, 4.69) is 70.9 Å². The van der Waals surface area contributed by atoms with Crippen molar-refractivity contribution in [1.29, 1.82) is 0 Å². The van der Waals surface area contributed by atoms with E-state index in [1.165, 1.54) is 11.1 Å². The average molecular weight is 531 g/mol. The molecule has 2 aliphatic heterocycles. The molecule has 2 saturated heterocycles. The molecule has 10 heteroatoms. The number of aromatic nitrogens is 5. The lowest BCUT2D eigenvalue weighted by molar-refractivity contribution is -0.132. The Bertz CT molecular complexity index is 1540. The molecule has 6 rings (SSSR count). The Labute approximate surface area is 228 Å². The highest BCUT2D eigenvalue weighted by molar-refractivity contribution is 5.90. The van der Waals surface area contributed by atoms with Crippen LogP contribution in [0.2, 0.25) is 0 Å². The Kier molecular flexibility index (Phi) is 6.34. The van der Waals surface area contributed by atoms with Crippen LogP contribution in [0.1, 0.15) is 49.8 Å². The van der Waals surface area contributed by atoms with Gasteiger partial charge >= 0.3 is 0 Å². The minimum atomic E-state index is -0.684. The van der Waals surface area contributed by atoms with Gasteiger partial charge in [0.1, 0.15) is 12.1 Å². The summed E-state index contributed by atoms with van der Waals surface area (Å²) in [7, 11) is 0. The van der Waals surface area contributed by atoms with Gasteiger partial charge in [0.2, 0.25) is 5.91 Å². The quantitative estimate of drug-likeness (QED) is 0.408. The zero-order valence-electron chi connectivity index (χ0n) is 23.5. The van der Waals surface area contributed by atoms with Crippen LogP contribution in [0.3, 0.4) is 0 Å². The number of carbonyl (C=O) groups excluding carboxylic acids is 1. The normalized spacial score (nSPS) is 20.7. The molecule has 2 aliphatic rings. The number of fused-ring (bicyclic) bond motifs is 2. The van der Waals surface area contributed by atoms with Crippen molar-refractivity contribution >= 4 is 28.4 Å². The monoisotopic (exact) mass is 530 g/mol. The Balaban J connectivity index is 1.24. The third kappa shape index (κ3) is 4.65. The molecule has 0 aliphatic carbocycles. The molecule has 1 amide bonds. The fraction of sp³-hybridized carbons (Fsp3) is 0.517. The van der Waals surface area contributed by atoms with E-state index in [9.17, 15) is 9.90 Å². The number of β-amino-alcohol motifs (C(OH)–C–C–N with tert-alkyl or cyclic N) is 1. The van der Waals surface area contributed by atoms with E-state index in [-0.39, 0.29) is 11.8 Å². The van der Waals surface area contributed by atoms with Gasteiger partial charge in [0.15, 0.2) is 5.65 Å². The molecule has 0 saturated carbocycles. The summed E-state index contributed by atoms with van der Waals surface area (Å²) in [5.41, 5.74) is 7.90. The third-order valence-electron chi connectivity index (χ3n) is 8.48. The molecular formula is C29H38N8O2. The van der Waals surface area contributed by atoms with Gasteiger partial charge in [0.05, 0.1) is 28.9 Å². The number of hydrogen-bond donors (Lipinski definition) is 2. The number of pyridine rings is 2. The second-order valence-corrected chi connectivity index (χ2v) is 11.8. The smallest absolute Gasteiger partial charge is 0.236 e. The number of nitrogens with zero attached hydrogens (tertiary/aromatic N) is 7. The number of likely N-dealkylation sites (tertiary alicyclic amines) is 1. The number of H-pyrrole nitrogens is 1. The zero-order chi connectivity index (χ0) is 27.5. The first-order chi connectivity index (χ1) is 18.6. The highest BCUT2D eigenvalue weighted by Crippen LogP contribution is 2.38. The van der Waals surface area contributed by atoms with Gasteiger partial charge in [-0.2, -0.15) is 5.10 Å². The van der Waals surface area contributed by atoms with Gasteiger partial charge < -0.3 is 19.9 Å². The maximum atomic E-state index is 12.9. The van der Waals surface area contributed by atoms with E-state index in [1.54, 1.807) is 6.33 Å². The Hall–Kier alpha value is -3.50. The van der Waals surface area contributed by atoms with Crippen molar-refractivity contribution in [2.24, 2.45) is 0 Å². The maximum Gasteiger partial charge on any atom is 0.236 e. The SMILES string of the molecule is Cc1c(-c2[nH]c3ccc(N4CCN(C(=O)CN5CCC(C)(O)C5)CC4)nc3c2C(C)C)cn2ncnc2c1C. The molecule has 0 aromatic carbocycles. The molecular weight excluding hydrogens is 492 g/mol. The first-order valence-corrected chi connectivity index (χ1v) is 13.9. The van der Waals surface area contributed by atoms with Crippen molar-refractivity contribution in [3.63, 3.8) is 0 Å². The number of piperazine rings is 1. The average Bonchev–Trinajstić information content (AvgIpc) is 3.62. The summed E-state index contributed by atoms with van der Waals surface area (Å²) >= 11 is 0. The molecule has 0 bridgehead atoms. The van der Waals surface area contributed by atoms with Gasteiger partial charge in [-0.25, -0.2) is 14.5 Å². The molecule has 39 heavy (non-hydrogen) atoms. The van der Waals surface area contributed by atoms with Crippen LogP contribution in [0.15, 0.2) is 24.7 Å². The molecule has 0 radical (unpaired) electrons. The van der Waals surface area contributed by atoms with E-state index in [1.807, 2.05) is 16.3 Å². The van der Waals surface area contributed by atoms with Crippen molar-refractivity contribution in [2.75, 3.05) is 50.7 Å². The summed E-state index contributed by atoms with van der Waals surface area (Å²) in [6.45, 7) is 15.0.